The second-order valence-corrected chi connectivity index (χ2v) is 38.2. The predicted octanol–water partition coefficient (Wildman–Crippen LogP) is 14.9. The molecule has 15 heteroatoms. The number of rotatable bonds is 25. The highest BCUT2D eigenvalue weighted by atomic mass is 28.4. The molecule has 3 aromatic carbocycles. The Bertz CT molecular complexity index is 1870. The monoisotopic (exact) mass is 1130 g/mol. The summed E-state index contributed by atoms with van der Waals surface area (Å²) in [4.78, 5) is 20.5. The molecule has 3 aromatic rings. The Balaban J connectivity index is 0. The molecule has 1 aliphatic rings. The van der Waals surface area contributed by atoms with Gasteiger partial charge in [-0.3, -0.25) is 4.79 Å². The Labute approximate surface area is 473 Å². The molecule has 1 heterocycles. The van der Waals surface area contributed by atoms with E-state index in [1.165, 1.54) is 18.1 Å². The molecule has 0 saturated carbocycles. The highest BCUT2D eigenvalue weighted by Gasteiger charge is 2.40. The van der Waals surface area contributed by atoms with Crippen LogP contribution in [0.4, 0.5) is 0 Å². The Kier molecular flexibility index (Phi) is 39.9. The Morgan fingerprint density at radius 3 is 1.23 bits per heavy atom. The van der Waals surface area contributed by atoms with Crippen LogP contribution in [0.2, 0.25) is 54.4 Å². The summed E-state index contributed by atoms with van der Waals surface area (Å²) in [7, 11) is -5.11. The van der Waals surface area contributed by atoms with Crippen LogP contribution in [-0.2, 0) is 66.4 Å². The van der Waals surface area contributed by atoms with Gasteiger partial charge in [-0.25, -0.2) is 0 Å². The molecule has 0 unspecified atom stereocenters. The number of aliphatic hydroxyl groups excluding tert-OH is 2. The van der Waals surface area contributed by atoms with Crippen molar-refractivity contribution in [3.63, 3.8) is 0 Å². The topological polar surface area (TPSA) is 152 Å². The predicted molar refractivity (Wildman–Crippen MR) is 327 cm³/mol. The summed E-state index contributed by atoms with van der Waals surface area (Å²) in [5.74, 6) is -0.211. The molecule has 0 radical (unpaired) electrons. The van der Waals surface area contributed by atoms with Gasteiger partial charge in [0.2, 0.25) is 0 Å². The van der Waals surface area contributed by atoms with Gasteiger partial charge in [0.05, 0.1) is 77.8 Å². The molecule has 0 spiro atoms. The van der Waals surface area contributed by atoms with Crippen LogP contribution in [-0.4, -0.2) is 118 Å². The summed E-state index contributed by atoms with van der Waals surface area (Å²) in [5, 5.41) is 18.9. The van der Waals surface area contributed by atoms with E-state index in [2.05, 4.69) is 138 Å². The first-order chi connectivity index (χ1) is 35.8. The minimum Gasteiger partial charge on any atom is -0.466 e. The van der Waals surface area contributed by atoms with E-state index in [4.69, 9.17) is 37.3 Å². The fourth-order valence-corrected chi connectivity index (χ4v) is 9.75. The van der Waals surface area contributed by atoms with Gasteiger partial charge in [-0.1, -0.05) is 181 Å². The minimum atomic E-state index is -1.74. The van der Waals surface area contributed by atoms with E-state index in [1.807, 2.05) is 87.5 Å². The number of ether oxygens (including phenoxy) is 5. The lowest BCUT2D eigenvalue weighted by atomic mass is 10.2. The molecule has 0 aliphatic carbocycles. The fraction of sp³-hybridized carbons (Fsp3) is 0.677. The highest BCUT2D eigenvalue weighted by Crippen LogP contribution is 2.39. The third-order valence-electron chi connectivity index (χ3n) is 13.9. The molecule has 1 fully saturated rings. The number of benzene rings is 3. The largest absolute Gasteiger partial charge is 0.466 e. The molecule has 12 nitrogen and oxygen atoms in total. The van der Waals surface area contributed by atoms with Gasteiger partial charge >= 0.3 is 5.97 Å². The fourth-order valence-electron chi connectivity index (χ4n) is 5.57. The van der Waals surface area contributed by atoms with Gasteiger partial charge in [0, 0.05) is 6.92 Å². The van der Waals surface area contributed by atoms with Crippen molar-refractivity contribution < 1.29 is 56.8 Å². The zero-order chi connectivity index (χ0) is 59.4. The zero-order valence-corrected chi connectivity index (χ0v) is 55.3. The van der Waals surface area contributed by atoms with Crippen LogP contribution in [0.3, 0.4) is 0 Å². The number of epoxide rings is 1. The first-order valence-corrected chi connectivity index (χ1v) is 36.9. The first-order valence-electron chi connectivity index (χ1n) is 28.2. The third-order valence-corrected chi connectivity index (χ3v) is 27.5. The smallest absolute Gasteiger partial charge is 0.302 e. The first kappa shape index (κ1) is 76.2. The summed E-state index contributed by atoms with van der Waals surface area (Å²) in [6, 6.07) is 30.4. The summed E-state index contributed by atoms with van der Waals surface area (Å²) in [6.45, 7) is 49.9. The number of aliphatic hydroxyl groups is 2. The van der Waals surface area contributed by atoms with Gasteiger partial charge in [0.25, 0.3) is 0 Å². The molecule has 444 valence electrons. The van der Waals surface area contributed by atoms with E-state index in [1.54, 1.807) is 6.92 Å². The molecular weight excluding hydrogens is 1020 g/mol. The van der Waals surface area contributed by atoms with Crippen LogP contribution in [0.15, 0.2) is 91.0 Å². The molecule has 0 aromatic heterocycles. The van der Waals surface area contributed by atoms with E-state index in [0.717, 1.165) is 50.7 Å². The number of hydrogen-bond donors (Lipinski definition) is 2. The molecule has 4 rings (SSSR count). The van der Waals surface area contributed by atoms with E-state index >= 15 is 0 Å². The Hall–Kier alpha value is -2.91. The van der Waals surface area contributed by atoms with Gasteiger partial charge in [0.15, 0.2) is 25.0 Å². The lowest BCUT2D eigenvalue weighted by Crippen LogP contribution is -2.44. The summed E-state index contributed by atoms with van der Waals surface area (Å²) < 4.78 is 44.3. The van der Waals surface area contributed by atoms with Crippen LogP contribution in [0.5, 0.6) is 0 Å². The van der Waals surface area contributed by atoms with Gasteiger partial charge < -0.3 is 52.0 Å². The lowest BCUT2D eigenvalue weighted by Gasteiger charge is -2.39. The Morgan fingerprint density at radius 2 is 0.948 bits per heavy atom. The van der Waals surface area contributed by atoms with E-state index in [9.17, 15) is 14.7 Å². The molecule has 2 N–H and O–H groups in total. The maximum absolute atomic E-state index is 10.6. The van der Waals surface area contributed by atoms with Crippen molar-refractivity contribution in [2.75, 3.05) is 39.6 Å². The van der Waals surface area contributed by atoms with Crippen molar-refractivity contribution in [3.8, 4) is 0 Å². The second-order valence-electron chi connectivity index (χ2n) is 23.9. The highest BCUT2D eigenvalue weighted by molar-refractivity contribution is 6.75. The van der Waals surface area contributed by atoms with Crippen molar-refractivity contribution in [2.24, 2.45) is 0 Å². The Morgan fingerprint density at radius 1 is 0.584 bits per heavy atom. The molecule has 0 bridgehead atoms. The standard InChI is InChI=1S/C17H30O2Si.C11H16O2.C10H24O2Si.C10H22O2Si.C10H12O2.C4H8O2/c1-7-16(19-20(5,6)17(2,3)4)14-18-13-15-11-9-8-10-12-15;1-2-11(12)9-13-8-10-6-4-3-5-7-10;2*1-7-9(8-11)12-13(5,6)10(2,3)4;1-2-4-9(5-3-1)6-11-7-10-8-12-10;1-3-6-4(2)5/h8-12,16H,7,13-14H2,1-6H3;3-7,11-12H,2,8-9H2,1H3;9,11H,7-8H2,1-6H3;8-9H,7H2,1-6H3;1-5,10H,6-8H2;3H2,1-2H3/t16-;11-;2*9-;10-;/m11110./s1. The number of hydrogen-bond acceptors (Lipinski definition) is 12. The minimum absolute atomic E-state index is 0.0286. The van der Waals surface area contributed by atoms with Crippen LogP contribution in [0.25, 0.3) is 0 Å². The van der Waals surface area contributed by atoms with Crippen molar-refractivity contribution in [2.45, 2.75) is 234 Å². The van der Waals surface area contributed by atoms with Gasteiger partial charge in [-0.2, -0.15) is 0 Å². The van der Waals surface area contributed by atoms with Crippen LogP contribution >= 0.6 is 0 Å². The van der Waals surface area contributed by atoms with E-state index in [-0.39, 0.29) is 52.1 Å². The number of esters is 1. The average molecular weight is 1130 g/mol. The normalized spacial score (nSPS) is 15.0. The maximum Gasteiger partial charge on any atom is 0.302 e. The lowest BCUT2D eigenvalue weighted by molar-refractivity contribution is -0.140. The quantitative estimate of drug-likeness (QED) is 0.0359. The summed E-state index contributed by atoms with van der Waals surface area (Å²) in [6.07, 6.45) is 4.40. The molecule has 0 amide bonds. The number of carbonyl (C=O) groups is 2. The number of carbonyl (C=O) groups excluding carboxylic acids is 2. The van der Waals surface area contributed by atoms with E-state index in [0.29, 0.717) is 45.7 Å². The summed E-state index contributed by atoms with van der Waals surface area (Å²) in [5.41, 5.74) is 3.58. The van der Waals surface area contributed by atoms with Gasteiger partial charge in [-0.05, 0) is 104 Å². The molecule has 5 atom stereocenters. The van der Waals surface area contributed by atoms with Gasteiger partial charge in [0.1, 0.15) is 18.5 Å². The summed E-state index contributed by atoms with van der Waals surface area (Å²) >= 11 is 0. The van der Waals surface area contributed by atoms with E-state index < -0.39 is 25.0 Å². The second kappa shape index (κ2) is 40.3. The number of aldehydes is 1. The zero-order valence-electron chi connectivity index (χ0n) is 52.3. The average Bonchev–Trinajstić information content (AvgIpc) is 4.20. The van der Waals surface area contributed by atoms with Gasteiger partial charge in [-0.15, -0.1) is 0 Å². The molecule has 1 aliphatic heterocycles. The van der Waals surface area contributed by atoms with Crippen molar-refractivity contribution in [3.05, 3.63) is 108 Å². The molecular formula is C62H112O12Si3. The van der Waals surface area contributed by atoms with Crippen molar-refractivity contribution >= 4 is 37.2 Å². The third kappa shape index (κ3) is 37.6. The van der Waals surface area contributed by atoms with Crippen molar-refractivity contribution in [1.29, 1.82) is 0 Å². The maximum atomic E-state index is 10.6. The molecule has 77 heavy (non-hydrogen) atoms. The van der Waals surface area contributed by atoms with Crippen LogP contribution < -0.4 is 0 Å². The van der Waals surface area contributed by atoms with Crippen LogP contribution in [0, 0.1) is 0 Å². The molecule has 1 saturated heterocycles. The van der Waals surface area contributed by atoms with Crippen LogP contribution in [0.1, 0.15) is 146 Å². The SMILES string of the molecule is CCOC(C)=O.CC[C@@H](O)COCc1ccccc1.CC[C@H](C=O)O[Si](C)(C)C(C)(C)C.CC[C@H](CO)O[Si](C)(C)C(C)(C)C.CC[C@H](COCc1ccccc1)O[Si](C)(C)C(C)(C)C.c1ccc(COC[C@H]2CO2)cc1. The van der Waals surface area contributed by atoms with Crippen molar-refractivity contribution in [1.82, 2.24) is 0 Å².